The van der Waals surface area contributed by atoms with Gasteiger partial charge in [-0.3, -0.25) is 4.99 Å². The maximum Gasteiger partial charge on any atom is 0.213 e. The minimum atomic E-state index is -3.08. The number of sulfonamides is 1. The number of nitrogens with one attached hydrogen (secondary N) is 1. The summed E-state index contributed by atoms with van der Waals surface area (Å²) in [5, 5.41) is 3.40. The normalized spacial score (nSPS) is 22.9. The molecule has 0 aromatic rings. The van der Waals surface area contributed by atoms with Crippen molar-refractivity contribution in [1.29, 1.82) is 0 Å². The molecule has 1 heterocycles. The number of aliphatic imine (C=N–C) groups is 1. The van der Waals surface area contributed by atoms with Crippen LogP contribution in [0, 0.1) is 5.41 Å². The summed E-state index contributed by atoms with van der Waals surface area (Å²) in [6.07, 6.45) is 5.73. The van der Waals surface area contributed by atoms with Crippen LogP contribution in [0.15, 0.2) is 4.99 Å². The average Bonchev–Trinajstić information content (AvgIpc) is 2.54. The van der Waals surface area contributed by atoms with Crippen LogP contribution < -0.4 is 5.32 Å². The quantitative estimate of drug-likeness (QED) is 0.409. The fraction of sp³-hybridized carbons (Fsp3) is 0.941. The third-order valence-corrected chi connectivity index (χ3v) is 6.78. The molecule has 0 bridgehead atoms. The van der Waals surface area contributed by atoms with Gasteiger partial charge >= 0.3 is 0 Å². The highest BCUT2D eigenvalue weighted by molar-refractivity contribution is 7.89. The van der Waals surface area contributed by atoms with Crippen LogP contribution in [0.2, 0.25) is 0 Å². The predicted octanol–water partition coefficient (Wildman–Crippen LogP) is 2.14. The van der Waals surface area contributed by atoms with Gasteiger partial charge in [0.1, 0.15) is 0 Å². The average molecular weight is 361 g/mol. The largest absolute Gasteiger partial charge is 0.356 e. The van der Waals surface area contributed by atoms with Gasteiger partial charge in [-0.15, -0.1) is 0 Å². The molecule has 1 aliphatic rings. The van der Waals surface area contributed by atoms with Gasteiger partial charge in [0.25, 0.3) is 0 Å². The first-order chi connectivity index (χ1) is 11.3. The Morgan fingerprint density at radius 1 is 1.38 bits per heavy atom. The molecule has 0 aliphatic carbocycles. The molecule has 24 heavy (non-hydrogen) atoms. The maximum absolute atomic E-state index is 11.7. The van der Waals surface area contributed by atoms with E-state index in [2.05, 4.69) is 29.1 Å². The maximum atomic E-state index is 11.7. The number of piperidine rings is 1. The van der Waals surface area contributed by atoms with Gasteiger partial charge in [-0.05, 0) is 38.0 Å². The van der Waals surface area contributed by atoms with Crippen molar-refractivity contribution >= 4 is 16.0 Å². The zero-order chi connectivity index (χ0) is 18.2. The van der Waals surface area contributed by atoms with E-state index in [1.807, 2.05) is 7.05 Å². The fourth-order valence-electron chi connectivity index (χ4n) is 3.50. The van der Waals surface area contributed by atoms with Crippen LogP contribution in [-0.4, -0.2) is 69.6 Å². The summed E-state index contributed by atoms with van der Waals surface area (Å²) >= 11 is 0. The molecule has 1 unspecified atom stereocenters. The van der Waals surface area contributed by atoms with E-state index in [1.54, 1.807) is 14.0 Å². The van der Waals surface area contributed by atoms with Crippen molar-refractivity contribution in [3.05, 3.63) is 0 Å². The SMILES string of the molecule is CCCC1(C)CCCN(C(=NC)NCCCN(C)S(=O)(=O)CC)C1. The van der Waals surface area contributed by atoms with Crippen molar-refractivity contribution in [3.63, 3.8) is 0 Å². The van der Waals surface area contributed by atoms with E-state index in [0.717, 1.165) is 32.0 Å². The molecule has 1 fully saturated rings. The van der Waals surface area contributed by atoms with Crippen molar-refractivity contribution in [3.8, 4) is 0 Å². The van der Waals surface area contributed by atoms with Gasteiger partial charge in [-0.25, -0.2) is 12.7 Å². The van der Waals surface area contributed by atoms with Crippen LogP contribution in [-0.2, 0) is 10.0 Å². The molecule has 1 N–H and O–H groups in total. The number of guanidine groups is 1. The number of likely N-dealkylation sites (tertiary alicyclic amines) is 1. The van der Waals surface area contributed by atoms with Crippen LogP contribution in [0.1, 0.15) is 52.9 Å². The highest BCUT2D eigenvalue weighted by Crippen LogP contribution is 2.33. The molecule has 0 aromatic carbocycles. The Bertz CT molecular complexity index is 503. The van der Waals surface area contributed by atoms with E-state index in [-0.39, 0.29) is 5.75 Å². The number of hydrogen-bond acceptors (Lipinski definition) is 3. The lowest BCUT2D eigenvalue weighted by molar-refractivity contribution is 0.142. The van der Waals surface area contributed by atoms with E-state index >= 15 is 0 Å². The second kappa shape index (κ2) is 9.61. The minimum Gasteiger partial charge on any atom is -0.356 e. The topological polar surface area (TPSA) is 65.0 Å². The predicted molar refractivity (Wildman–Crippen MR) is 102 cm³/mol. The third-order valence-electron chi connectivity index (χ3n) is 4.92. The Morgan fingerprint density at radius 2 is 2.08 bits per heavy atom. The summed E-state index contributed by atoms with van der Waals surface area (Å²) < 4.78 is 24.9. The Morgan fingerprint density at radius 3 is 2.67 bits per heavy atom. The number of nitrogens with zero attached hydrogens (tertiary/aromatic N) is 3. The minimum absolute atomic E-state index is 0.155. The fourth-order valence-corrected chi connectivity index (χ4v) is 4.35. The van der Waals surface area contributed by atoms with Gasteiger partial charge in [0.05, 0.1) is 5.75 Å². The van der Waals surface area contributed by atoms with E-state index in [9.17, 15) is 8.42 Å². The zero-order valence-electron chi connectivity index (χ0n) is 16.1. The summed E-state index contributed by atoms with van der Waals surface area (Å²) in [6.45, 7) is 9.66. The van der Waals surface area contributed by atoms with Crippen LogP contribution in [0.5, 0.6) is 0 Å². The van der Waals surface area contributed by atoms with Gasteiger partial charge in [0.2, 0.25) is 10.0 Å². The molecule has 0 amide bonds. The standard InChI is InChI=1S/C17H36N4O2S/c1-6-10-17(3)11-8-14-21(15-17)16(18-4)19-12-9-13-20(5)24(22,23)7-2/h6-15H2,1-5H3,(H,18,19). The number of hydrogen-bond donors (Lipinski definition) is 1. The summed E-state index contributed by atoms with van der Waals surface area (Å²) in [6, 6.07) is 0. The highest BCUT2D eigenvalue weighted by atomic mass is 32.2. The van der Waals surface area contributed by atoms with Gasteiger partial charge < -0.3 is 10.2 Å². The second-order valence-corrected chi connectivity index (χ2v) is 9.50. The first-order valence-corrected chi connectivity index (χ1v) is 10.8. The smallest absolute Gasteiger partial charge is 0.213 e. The van der Waals surface area contributed by atoms with E-state index < -0.39 is 10.0 Å². The summed E-state index contributed by atoms with van der Waals surface area (Å²) in [7, 11) is 0.387. The Kier molecular flexibility index (Phi) is 8.50. The van der Waals surface area contributed by atoms with Crippen molar-refractivity contribution < 1.29 is 8.42 Å². The first kappa shape index (κ1) is 21.2. The molecule has 0 aromatic heterocycles. The molecular weight excluding hydrogens is 324 g/mol. The molecule has 7 heteroatoms. The van der Waals surface area contributed by atoms with Crippen LogP contribution in [0.25, 0.3) is 0 Å². The molecule has 0 saturated carbocycles. The molecule has 6 nitrogen and oxygen atoms in total. The van der Waals surface area contributed by atoms with Crippen molar-refractivity contribution in [1.82, 2.24) is 14.5 Å². The molecule has 1 aliphatic heterocycles. The molecule has 1 rings (SSSR count). The molecular formula is C17H36N4O2S. The molecule has 1 atom stereocenters. The zero-order valence-corrected chi connectivity index (χ0v) is 17.0. The second-order valence-electron chi connectivity index (χ2n) is 7.14. The van der Waals surface area contributed by atoms with Gasteiger partial charge in [0, 0.05) is 40.3 Å². The Hall–Kier alpha value is -0.820. The summed E-state index contributed by atoms with van der Waals surface area (Å²) in [5.74, 6) is 1.10. The third kappa shape index (κ3) is 6.24. The van der Waals surface area contributed by atoms with E-state index in [1.165, 1.54) is 30.0 Å². The monoisotopic (exact) mass is 360 g/mol. The van der Waals surface area contributed by atoms with Crippen LogP contribution in [0.3, 0.4) is 0 Å². The number of rotatable bonds is 8. The summed E-state index contributed by atoms with van der Waals surface area (Å²) in [5.41, 5.74) is 0.375. The van der Waals surface area contributed by atoms with Crippen molar-refractivity contribution in [2.75, 3.05) is 46.0 Å². The van der Waals surface area contributed by atoms with Gasteiger partial charge in [-0.2, -0.15) is 0 Å². The van der Waals surface area contributed by atoms with E-state index in [0.29, 0.717) is 12.0 Å². The van der Waals surface area contributed by atoms with Gasteiger partial charge in [-0.1, -0.05) is 20.3 Å². The van der Waals surface area contributed by atoms with E-state index in [4.69, 9.17) is 0 Å². The lowest BCUT2D eigenvalue weighted by Crippen LogP contribution is -2.50. The molecule has 0 spiro atoms. The lowest BCUT2D eigenvalue weighted by atomic mass is 9.78. The van der Waals surface area contributed by atoms with Crippen LogP contribution >= 0.6 is 0 Å². The Labute approximate surface area is 148 Å². The first-order valence-electron chi connectivity index (χ1n) is 9.17. The molecule has 142 valence electrons. The van der Waals surface area contributed by atoms with Crippen molar-refractivity contribution in [2.45, 2.75) is 52.9 Å². The summed E-state index contributed by atoms with van der Waals surface area (Å²) in [4.78, 5) is 6.77. The molecule has 0 radical (unpaired) electrons. The molecule has 1 saturated heterocycles. The highest BCUT2D eigenvalue weighted by Gasteiger charge is 2.31. The Balaban J connectivity index is 2.45. The van der Waals surface area contributed by atoms with Crippen LogP contribution in [0.4, 0.5) is 0 Å². The lowest BCUT2D eigenvalue weighted by Gasteiger charge is -2.42. The van der Waals surface area contributed by atoms with Crippen molar-refractivity contribution in [2.24, 2.45) is 10.4 Å². The van der Waals surface area contributed by atoms with Gasteiger partial charge in [0.15, 0.2) is 5.96 Å².